The van der Waals surface area contributed by atoms with Crippen LogP contribution in [0.2, 0.25) is 0 Å². The second-order valence-corrected chi connectivity index (χ2v) is 5.91. The van der Waals surface area contributed by atoms with E-state index in [1.165, 1.54) is 6.42 Å². The quantitative estimate of drug-likeness (QED) is 0.633. The van der Waals surface area contributed by atoms with Crippen molar-refractivity contribution in [3.63, 3.8) is 0 Å². The van der Waals surface area contributed by atoms with E-state index in [1.807, 2.05) is 0 Å². The molecule has 0 aromatic carbocycles. The van der Waals surface area contributed by atoms with E-state index in [9.17, 15) is 5.11 Å². The molecule has 0 saturated heterocycles. The van der Waals surface area contributed by atoms with Gasteiger partial charge in [-0.15, -0.1) is 12.3 Å². The van der Waals surface area contributed by atoms with Crippen LogP contribution in [0.4, 0.5) is 0 Å². The summed E-state index contributed by atoms with van der Waals surface area (Å²) in [6.45, 7) is 6.80. The fourth-order valence-corrected chi connectivity index (χ4v) is 3.86. The Morgan fingerprint density at radius 2 is 2.07 bits per heavy atom. The number of terminal acetylenes is 1. The lowest BCUT2D eigenvalue weighted by atomic mass is 9.63. The van der Waals surface area contributed by atoms with Gasteiger partial charge in [0.2, 0.25) is 0 Å². The summed E-state index contributed by atoms with van der Waals surface area (Å²) >= 11 is 0. The van der Waals surface area contributed by atoms with Crippen molar-refractivity contribution in [3.05, 3.63) is 0 Å². The van der Waals surface area contributed by atoms with E-state index in [-0.39, 0.29) is 10.8 Å². The Kier molecular flexibility index (Phi) is 1.83. The summed E-state index contributed by atoms with van der Waals surface area (Å²) in [5.41, 5.74) is -0.330. The smallest absolute Gasteiger partial charge is 0.0817 e. The Hall–Kier alpha value is -0.480. The first-order valence-corrected chi connectivity index (χ1v) is 5.53. The lowest BCUT2D eigenvalue weighted by molar-refractivity contribution is -0.0851. The van der Waals surface area contributed by atoms with Gasteiger partial charge in [0.25, 0.3) is 0 Å². The first-order chi connectivity index (χ1) is 6.37. The van der Waals surface area contributed by atoms with Crippen molar-refractivity contribution in [1.29, 1.82) is 0 Å². The zero-order chi connectivity index (χ0) is 10.6. The van der Waals surface area contributed by atoms with Crippen LogP contribution in [-0.2, 0) is 0 Å². The zero-order valence-corrected chi connectivity index (χ0v) is 9.43. The van der Waals surface area contributed by atoms with Gasteiger partial charge in [-0.25, -0.2) is 0 Å². The Labute approximate surface area is 86.9 Å². The number of rotatable bonds is 1. The normalized spacial score (nSPS) is 49.2. The molecular weight excluding hydrogens is 172 g/mol. The Balaban J connectivity index is 2.41. The van der Waals surface area contributed by atoms with E-state index in [4.69, 9.17) is 6.42 Å². The van der Waals surface area contributed by atoms with E-state index in [2.05, 4.69) is 26.7 Å². The highest BCUT2D eigenvalue weighted by Crippen LogP contribution is 2.70. The molecule has 0 amide bonds. The van der Waals surface area contributed by atoms with Crippen LogP contribution in [0.25, 0.3) is 0 Å². The molecule has 2 rings (SSSR count). The molecule has 1 N–H and O–H groups in total. The van der Waals surface area contributed by atoms with Crippen molar-refractivity contribution < 1.29 is 5.11 Å². The molecular formula is C13H20O. The first-order valence-electron chi connectivity index (χ1n) is 5.53. The van der Waals surface area contributed by atoms with E-state index in [1.54, 1.807) is 0 Å². The lowest BCUT2D eigenvalue weighted by Crippen LogP contribution is -2.46. The second-order valence-electron chi connectivity index (χ2n) is 5.91. The molecule has 2 fully saturated rings. The SMILES string of the molecule is C#CCC1(O)CC2CC[C@]1(C)C2(C)C. The van der Waals surface area contributed by atoms with Crippen LogP contribution in [0.5, 0.6) is 0 Å². The summed E-state index contributed by atoms with van der Waals surface area (Å²) in [4.78, 5) is 0. The van der Waals surface area contributed by atoms with Crippen LogP contribution in [0.3, 0.4) is 0 Å². The maximum atomic E-state index is 10.6. The summed E-state index contributed by atoms with van der Waals surface area (Å²) in [7, 11) is 0. The zero-order valence-electron chi connectivity index (χ0n) is 9.43. The fraction of sp³-hybridized carbons (Fsp3) is 0.846. The van der Waals surface area contributed by atoms with Crippen LogP contribution in [-0.4, -0.2) is 10.7 Å². The highest BCUT2D eigenvalue weighted by Gasteiger charge is 2.67. The van der Waals surface area contributed by atoms with Gasteiger partial charge in [-0.1, -0.05) is 20.8 Å². The van der Waals surface area contributed by atoms with Gasteiger partial charge in [0, 0.05) is 11.8 Å². The fourth-order valence-electron chi connectivity index (χ4n) is 3.86. The molecule has 0 heterocycles. The summed E-state index contributed by atoms with van der Waals surface area (Å²) < 4.78 is 0. The third-order valence-corrected chi connectivity index (χ3v) is 5.44. The average molecular weight is 192 g/mol. The average Bonchev–Trinajstić information content (AvgIpc) is 2.36. The molecule has 0 aromatic rings. The van der Waals surface area contributed by atoms with Gasteiger partial charge in [0.15, 0.2) is 0 Å². The minimum Gasteiger partial charge on any atom is -0.388 e. The van der Waals surface area contributed by atoms with Crippen molar-refractivity contribution in [1.82, 2.24) is 0 Å². The topological polar surface area (TPSA) is 20.2 Å². The van der Waals surface area contributed by atoms with Gasteiger partial charge in [-0.05, 0) is 30.6 Å². The monoisotopic (exact) mass is 192 g/mol. The summed E-state index contributed by atoms with van der Waals surface area (Å²) in [5.74, 6) is 3.31. The van der Waals surface area contributed by atoms with Crippen LogP contribution >= 0.6 is 0 Å². The summed E-state index contributed by atoms with van der Waals surface area (Å²) in [6, 6.07) is 0. The van der Waals surface area contributed by atoms with E-state index < -0.39 is 5.60 Å². The van der Waals surface area contributed by atoms with E-state index >= 15 is 0 Å². The third kappa shape index (κ3) is 0.859. The molecule has 14 heavy (non-hydrogen) atoms. The molecule has 0 aromatic heterocycles. The predicted molar refractivity (Wildman–Crippen MR) is 57.6 cm³/mol. The number of hydrogen-bond acceptors (Lipinski definition) is 1. The Bertz CT molecular complexity index is 299. The molecule has 78 valence electrons. The van der Waals surface area contributed by atoms with Gasteiger partial charge in [0.1, 0.15) is 0 Å². The summed E-state index contributed by atoms with van der Waals surface area (Å²) in [5, 5.41) is 10.6. The van der Waals surface area contributed by atoms with Gasteiger partial charge in [-0.3, -0.25) is 0 Å². The molecule has 3 atom stereocenters. The van der Waals surface area contributed by atoms with Crippen molar-refractivity contribution in [3.8, 4) is 12.3 Å². The number of hydrogen-bond donors (Lipinski definition) is 1. The van der Waals surface area contributed by atoms with Crippen LogP contribution in [0.1, 0.15) is 46.5 Å². The minimum atomic E-state index is -0.603. The molecule has 2 saturated carbocycles. The van der Waals surface area contributed by atoms with Gasteiger partial charge in [-0.2, -0.15) is 0 Å². The molecule has 0 radical (unpaired) electrons. The third-order valence-electron chi connectivity index (χ3n) is 5.44. The van der Waals surface area contributed by atoms with E-state index in [0.717, 1.165) is 12.8 Å². The minimum absolute atomic E-state index is 0.0248. The molecule has 2 unspecified atom stereocenters. The standard InChI is InChI=1S/C13H20O/c1-5-7-13(14)9-10-6-8-12(13,4)11(10,2)3/h1,10,14H,6-9H2,2-4H3/t10?,12-,13?/m1/s1. The highest BCUT2D eigenvalue weighted by molar-refractivity contribution is 5.20. The van der Waals surface area contributed by atoms with Crippen molar-refractivity contribution in [2.24, 2.45) is 16.7 Å². The molecule has 0 spiro atoms. The van der Waals surface area contributed by atoms with Crippen LogP contribution in [0.15, 0.2) is 0 Å². The predicted octanol–water partition coefficient (Wildman–Crippen LogP) is 2.59. The second kappa shape index (κ2) is 2.55. The maximum Gasteiger partial charge on any atom is 0.0817 e. The van der Waals surface area contributed by atoms with Crippen molar-refractivity contribution >= 4 is 0 Å². The van der Waals surface area contributed by atoms with Gasteiger partial charge in [0.05, 0.1) is 5.60 Å². The number of aliphatic hydroxyl groups is 1. The maximum absolute atomic E-state index is 10.6. The molecule has 1 heteroatoms. The molecule has 2 aliphatic carbocycles. The molecule has 2 aliphatic rings. The van der Waals surface area contributed by atoms with Gasteiger partial charge >= 0.3 is 0 Å². The Morgan fingerprint density at radius 1 is 1.43 bits per heavy atom. The van der Waals surface area contributed by atoms with Crippen LogP contribution < -0.4 is 0 Å². The summed E-state index contributed by atoms with van der Waals surface area (Å²) in [6.07, 6.45) is 9.17. The molecule has 0 aliphatic heterocycles. The lowest BCUT2D eigenvalue weighted by Gasteiger charge is -2.44. The largest absolute Gasteiger partial charge is 0.388 e. The first kappa shape index (κ1) is 10.1. The molecule has 2 bridgehead atoms. The Morgan fingerprint density at radius 3 is 2.43 bits per heavy atom. The highest BCUT2D eigenvalue weighted by atomic mass is 16.3. The van der Waals surface area contributed by atoms with E-state index in [0.29, 0.717) is 12.3 Å². The number of fused-ring (bicyclic) bond motifs is 2. The van der Waals surface area contributed by atoms with Crippen molar-refractivity contribution in [2.75, 3.05) is 0 Å². The molecule has 1 nitrogen and oxygen atoms in total. The van der Waals surface area contributed by atoms with Crippen molar-refractivity contribution in [2.45, 2.75) is 52.1 Å². The van der Waals surface area contributed by atoms with Gasteiger partial charge < -0.3 is 5.11 Å². The van der Waals surface area contributed by atoms with Crippen LogP contribution in [0, 0.1) is 29.1 Å².